The van der Waals surface area contributed by atoms with E-state index in [1.807, 2.05) is 12.1 Å². The van der Waals surface area contributed by atoms with Gasteiger partial charge in [-0.3, -0.25) is 4.79 Å². The van der Waals surface area contributed by atoms with Gasteiger partial charge in [0.25, 0.3) is 11.6 Å². The van der Waals surface area contributed by atoms with E-state index in [4.69, 9.17) is 18.4 Å². The third kappa shape index (κ3) is 3.52. The van der Waals surface area contributed by atoms with Crippen molar-refractivity contribution in [2.24, 2.45) is 0 Å². The number of hydrogen-bond donors (Lipinski definition) is 1. The Kier molecular flexibility index (Phi) is 4.90. The second-order valence-electron chi connectivity index (χ2n) is 6.34. The molecule has 3 heterocycles. The summed E-state index contributed by atoms with van der Waals surface area (Å²) < 4.78 is 21.3. The monoisotopic (exact) mass is 393 g/mol. The Balaban J connectivity index is 1.66. The van der Waals surface area contributed by atoms with E-state index in [9.17, 15) is 4.79 Å². The molecule has 0 fully saturated rings. The highest BCUT2D eigenvalue weighted by molar-refractivity contribution is 6.06. The molecule has 0 atom stereocenters. The molecule has 0 unspecified atom stereocenters. The summed E-state index contributed by atoms with van der Waals surface area (Å²) in [5.41, 5.74) is 2.59. The lowest BCUT2D eigenvalue weighted by atomic mass is 10.1. The number of pyridine rings is 1. The maximum Gasteiger partial charge on any atom is 0.259 e. The minimum atomic E-state index is -0.283. The number of furan rings is 1. The number of hydrogen-bond acceptors (Lipinski definition) is 7. The number of fused-ring (bicyclic) bond motifs is 1. The quantitative estimate of drug-likeness (QED) is 0.533. The lowest BCUT2D eigenvalue weighted by Crippen LogP contribution is -2.23. The SMILES string of the molecule is COc1ccc(CNC(=O)c2cc(-c3ccco3)nc3onc(C)c23)c(OC)c1. The van der Waals surface area contributed by atoms with Crippen LogP contribution < -0.4 is 14.8 Å². The fraction of sp³-hybridized carbons (Fsp3) is 0.190. The zero-order chi connectivity index (χ0) is 20.4. The molecule has 0 aliphatic heterocycles. The highest BCUT2D eigenvalue weighted by Crippen LogP contribution is 2.28. The van der Waals surface area contributed by atoms with Crippen LogP contribution in [0.25, 0.3) is 22.6 Å². The van der Waals surface area contributed by atoms with E-state index >= 15 is 0 Å². The van der Waals surface area contributed by atoms with Gasteiger partial charge in [0.05, 0.1) is 37.1 Å². The first-order valence-corrected chi connectivity index (χ1v) is 8.90. The Morgan fingerprint density at radius 1 is 1.17 bits per heavy atom. The number of carbonyl (C=O) groups is 1. The molecule has 0 saturated carbocycles. The zero-order valence-corrected chi connectivity index (χ0v) is 16.2. The summed E-state index contributed by atoms with van der Waals surface area (Å²) in [6, 6.07) is 10.6. The van der Waals surface area contributed by atoms with Gasteiger partial charge in [0, 0.05) is 18.2 Å². The van der Waals surface area contributed by atoms with Gasteiger partial charge in [0.15, 0.2) is 5.76 Å². The van der Waals surface area contributed by atoms with E-state index in [0.29, 0.717) is 39.6 Å². The summed E-state index contributed by atoms with van der Waals surface area (Å²) in [7, 11) is 3.16. The predicted octanol–water partition coefficient (Wildman–Crippen LogP) is 3.74. The summed E-state index contributed by atoms with van der Waals surface area (Å²) in [5.74, 6) is 1.55. The molecule has 0 radical (unpaired) electrons. The highest BCUT2D eigenvalue weighted by Gasteiger charge is 2.20. The number of methoxy groups -OCH3 is 2. The van der Waals surface area contributed by atoms with Gasteiger partial charge in [-0.15, -0.1) is 0 Å². The number of aryl methyl sites for hydroxylation is 1. The first-order chi connectivity index (χ1) is 14.1. The smallest absolute Gasteiger partial charge is 0.259 e. The molecule has 29 heavy (non-hydrogen) atoms. The van der Waals surface area contributed by atoms with Crippen LogP contribution >= 0.6 is 0 Å². The van der Waals surface area contributed by atoms with Gasteiger partial charge in [-0.05, 0) is 37.3 Å². The van der Waals surface area contributed by atoms with Gasteiger partial charge >= 0.3 is 0 Å². The zero-order valence-electron chi connectivity index (χ0n) is 16.2. The molecule has 8 nitrogen and oxygen atoms in total. The predicted molar refractivity (Wildman–Crippen MR) is 105 cm³/mol. The number of benzene rings is 1. The van der Waals surface area contributed by atoms with Crippen molar-refractivity contribution < 1.29 is 23.2 Å². The standard InChI is InChI=1S/C21H19N3O5/c1-12-19-15(10-16(17-5-4-8-28-17)23-21(19)29-24-12)20(25)22-11-13-6-7-14(26-2)9-18(13)27-3/h4-10H,11H2,1-3H3,(H,22,25). The molecule has 4 aromatic rings. The van der Waals surface area contributed by atoms with Crippen molar-refractivity contribution in [2.45, 2.75) is 13.5 Å². The number of nitrogens with one attached hydrogen (secondary N) is 1. The molecule has 1 N–H and O–H groups in total. The largest absolute Gasteiger partial charge is 0.497 e. The fourth-order valence-corrected chi connectivity index (χ4v) is 3.09. The van der Waals surface area contributed by atoms with Gasteiger partial charge in [0.1, 0.15) is 17.2 Å². The molecule has 0 aliphatic rings. The molecule has 148 valence electrons. The van der Waals surface area contributed by atoms with Crippen LogP contribution in [-0.4, -0.2) is 30.3 Å². The molecule has 1 aromatic carbocycles. The average molecular weight is 393 g/mol. The molecule has 3 aromatic heterocycles. The van der Waals surface area contributed by atoms with Gasteiger partial charge in [-0.1, -0.05) is 5.16 Å². The Hall–Kier alpha value is -3.81. The van der Waals surface area contributed by atoms with E-state index < -0.39 is 0 Å². The normalized spacial score (nSPS) is 10.9. The maximum absolute atomic E-state index is 13.0. The van der Waals surface area contributed by atoms with Crippen molar-refractivity contribution in [1.82, 2.24) is 15.5 Å². The number of aromatic nitrogens is 2. The molecule has 1 amide bonds. The lowest BCUT2D eigenvalue weighted by molar-refractivity contribution is 0.0952. The van der Waals surface area contributed by atoms with Crippen LogP contribution in [0.1, 0.15) is 21.6 Å². The molecule has 0 aliphatic carbocycles. The van der Waals surface area contributed by atoms with E-state index in [1.54, 1.807) is 51.7 Å². The molecule has 8 heteroatoms. The number of rotatable bonds is 6. The summed E-state index contributed by atoms with van der Waals surface area (Å²) in [6.07, 6.45) is 1.54. The molecular weight excluding hydrogens is 374 g/mol. The molecule has 0 spiro atoms. The second-order valence-corrected chi connectivity index (χ2v) is 6.34. The minimum absolute atomic E-state index is 0.274. The van der Waals surface area contributed by atoms with Crippen LogP contribution in [0, 0.1) is 6.92 Å². The van der Waals surface area contributed by atoms with Crippen molar-refractivity contribution in [3.63, 3.8) is 0 Å². The third-order valence-electron chi connectivity index (χ3n) is 4.57. The number of carbonyl (C=O) groups excluding carboxylic acids is 1. The topological polar surface area (TPSA) is 99.6 Å². The maximum atomic E-state index is 13.0. The summed E-state index contributed by atoms with van der Waals surface area (Å²) in [6.45, 7) is 2.04. The molecule has 4 rings (SSSR count). The van der Waals surface area contributed by atoms with Crippen molar-refractivity contribution in [2.75, 3.05) is 14.2 Å². The number of nitrogens with zero attached hydrogens (tertiary/aromatic N) is 2. The van der Waals surface area contributed by atoms with Crippen LogP contribution in [0.3, 0.4) is 0 Å². The van der Waals surface area contributed by atoms with Gasteiger partial charge in [-0.25, -0.2) is 4.98 Å². The van der Waals surface area contributed by atoms with Crippen molar-refractivity contribution >= 4 is 17.0 Å². The Bertz CT molecular complexity index is 1160. The van der Waals surface area contributed by atoms with Crippen LogP contribution in [0.2, 0.25) is 0 Å². The number of ether oxygens (including phenoxy) is 2. The Morgan fingerprint density at radius 3 is 2.76 bits per heavy atom. The van der Waals surface area contributed by atoms with Crippen molar-refractivity contribution in [3.05, 3.63) is 59.5 Å². The third-order valence-corrected chi connectivity index (χ3v) is 4.57. The van der Waals surface area contributed by atoms with E-state index in [1.165, 1.54) is 0 Å². The highest BCUT2D eigenvalue weighted by atomic mass is 16.5. The van der Waals surface area contributed by atoms with E-state index in [2.05, 4.69) is 15.5 Å². The van der Waals surface area contributed by atoms with Gasteiger partial charge in [0.2, 0.25) is 0 Å². The average Bonchev–Trinajstić information content (AvgIpc) is 3.41. The second kappa shape index (κ2) is 7.67. The van der Waals surface area contributed by atoms with Crippen LogP contribution in [-0.2, 0) is 6.54 Å². The van der Waals surface area contributed by atoms with Crippen LogP contribution in [0.15, 0.2) is 51.6 Å². The molecule has 0 bridgehead atoms. The molecular formula is C21H19N3O5. The van der Waals surface area contributed by atoms with E-state index in [-0.39, 0.29) is 18.2 Å². The first kappa shape index (κ1) is 18.5. The van der Waals surface area contributed by atoms with Crippen LogP contribution in [0.5, 0.6) is 11.5 Å². The van der Waals surface area contributed by atoms with Gasteiger partial charge in [-0.2, -0.15) is 0 Å². The summed E-state index contributed by atoms with van der Waals surface area (Å²) in [5, 5.41) is 7.43. The Morgan fingerprint density at radius 2 is 2.03 bits per heavy atom. The lowest BCUT2D eigenvalue weighted by Gasteiger charge is -2.12. The minimum Gasteiger partial charge on any atom is -0.497 e. The summed E-state index contributed by atoms with van der Waals surface area (Å²) >= 11 is 0. The van der Waals surface area contributed by atoms with Gasteiger partial charge < -0.3 is 23.7 Å². The molecule has 0 saturated heterocycles. The Labute approximate surface area is 166 Å². The summed E-state index contributed by atoms with van der Waals surface area (Å²) in [4.78, 5) is 17.4. The first-order valence-electron chi connectivity index (χ1n) is 8.90. The van der Waals surface area contributed by atoms with Crippen LogP contribution in [0.4, 0.5) is 0 Å². The van der Waals surface area contributed by atoms with E-state index in [0.717, 1.165) is 5.56 Å². The van der Waals surface area contributed by atoms with Crippen molar-refractivity contribution in [1.29, 1.82) is 0 Å². The fourth-order valence-electron chi connectivity index (χ4n) is 3.09. The number of amides is 1. The van der Waals surface area contributed by atoms with Crippen molar-refractivity contribution in [3.8, 4) is 23.0 Å².